The normalized spacial score (nSPS) is 9.65. The molecule has 0 aliphatic heterocycles. The summed E-state index contributed by atoms with van der Waals surface area (Å²) in [5.74, 6) is -1.58. The highest BCUT2D eigenvalue weighted by molar-refractivity contribution is 6.01. The van der Waals surface area contributed by atoms with E-state index in [0.717, 1.165) is 0 Å². The molecule has 0 fully saturated rings. The summed E-state index contributed by atoms with van der Waals surface area (Å²) in [6, 6.07) is 2.30. The summed E-state index contributed by atoms with van der Waals surface area (Å²) in [7, 11) is 1.46. The van der Waals surface area contributed by atoms with Gasteiger partial charge < -0.3 is 19.9 Å². The fraction of sp³-hybridized carbons (Fsp3) is 0.273. The van der Waals surface area contributed by atoms with Gasteiger partial charge >= 0.3 is 12.0 Å². The van der Waals surface area contributed by atoms with E-state index in [2.05, 4.69) is 15.0 Å². The van der Waals surface area contributed by atoms with Gasteiger partial charge in [0.2, 0.25) is 5.88 Å². The number of hydrogen-bond acceptors (Lipinski definition) is 6. The third kappa shape index (κ3) is 5.78. The minimum Gasteiger partial charge on any atom is -0.481 e. The zero-order chi connectivity index (χ0) is 15.0. The van der Waals surface area contributed by atoms with Crippen LogP contribution in [-0.2, 0) is 14.3 Å². The maximum absolute atomic E-state index is 11.4. The molecule has 9 nitrogen and oxygen atoms in total. The highest BCUT2D eigenvalue weighted by atomic mass is 16.5. The van der Waals surface area contributed by atoms with Gasteiger partial charge in [-0.2, -0.15) is 0 Å². The van der Waals surface area contributed by atoms with Crippen LogP contribution in [0.4, 0.5) is 10.5 Å². The van der Waals surface area contributed by atoms with Crippen LogP contribution in [0.5, 0.6) is 5.88 Å². The number of anilines is 1. The van der Waals surface area contributed by atoms with Crippen molar-refractivity contribution in [3.05, 3.63) is 18.3 Å². The summed E-state index contributed by atoms with van der Waals surface area (Å²) >= 11 is 0. The molecule has 0 aliphatic rings. The Kier molecular flexibility index (Phi) is 5.91. The number of carbonyl (C=O) groups excluding carboxylic acids is 2. The number of carbonyl (C=O) groups is 3. The first kappa shape index (κ1) is 15.4. The molecule has 0 bridgehead atoms. The van der Waals surface area contributed by atoms with Crippen LogP contribution in [0, 0.1) is 0 Å². The number of ether oxygens (including phenoxy) is 2. The van der Waals surface area contributed by atoms with Gasteiger partial charge in [-0.3, -0.25) is 10.1 Å². The molecule has 1 aromatic heterocycles. The molecule has 1 aromatic rings. The number of aromatic nitrogens is 1. The molecule has 20 heavy (non-hydrogen) atoms. The molecular formula is C11H13N3O6. The smallest absolute Gasteiger partial charge is 0.329 e. The summed E-state index contributed by atoms with van der Waals surface area (Å²) in [6.07, 6.45) is 1.35. The zero-order valence-corrected chi connectivity index (χ0v) is 10.6. The molecule has 0 unspecified atom stereocenters. The number of carboxylic acid groups (broad SMARTS) is 1. The average Bonchev–Trinajstić information content (AvgIpc) is 2.38. The first-order chi connectivity index (χ1) is 9.51. The number of nitrogens with zero attached hydrogens (tertiary/aromatic N) is 1. The number of amides is 3. The highest BCUT2D eigenvalue weighted by Gasteiger charge is 2.09. The van der Waals surface area contributed by atoms with Crippen LogP contribution in [0.3, 0.4) is 0 Å². The van der Waals surface area contributed by atoms with Gasteiger partial charge in [-0.05, 0) is 6.07 Å². The third-order valence-electron chi connectivity index (χ3n) is 1.91. The summed E-state index contributed by atoms with van der Waals surface area (Å²) in [5, 5.41) is 12.6. The maximum atomic E-state index is 11.4. The van der Waals surface area contributed by atoms with Crippen molar-refractivity contribution in [1.82, 2.24) is 10.3 Å². The lowest BCUT2D eigenvalue weighted by atomic mass is 10.4. The molecule has 9 heteroatoms. The zero-order valence-electron chi connectivity index (χ0n) is 10.6. The van der Waals surface area contributed by atoms with Crippen molar-refractivity contribution < 1.29 is 29.0 Å². The number of rotatable bonds is 6. The standard InChI is InChI=1S/C11H13N3O6/c1-19-9-3-2-7(4-12-9)13-11(18)14-8(15)5-20-6-10(16)17/h2-4H,5-6H2,1H3,(H,16,17)(H2,13,14,15,18). The van der Waals surface area contributed by atoms with E-state index in [1.807, 2.05) is 5.32 Å². The van der Waals surface area contributed by atoms with E-state index in [4.69, 9.17) is 9.84 Å². The van der Waals surface area contributed by atoms with Crippen LogP contribution >= 0.6 is 0 Å². The van der Waals surface area contributed by atoms with Gasteiger partial charge in [0, 0.05) is 6.07 Å². The Balaban J connectivity index is 2.34. The number of nitrogens with one attached hydrogen (secondary N) is 2. The fourth-order valence-electron chi connectivity index (χ4n) is 1.13. The predicted molar refractivity (Wildman–Crippen MR) is 66.4 cm³/mol. The minimum absolute atomic E-state index is 0.363. The Morgan fingerprint density at radius 2 is 2.05 bits per heavy atom. The molecule has 3 amide bonds. The SMILES string of the molecule is COc1ccc(NC(=O)NC(=O)COCC(=O)O)cn1. The molecule has 0 saturated heterocycles. The van der Waals surface area contributed by atoms with Crippen LogP contribution in [0.15, 0.2) is 18.3 Å². The highest BCUT2D eigenvalue weighted by Crippen LogP contribution is 2.10. The second-order valence-electron chi connectivity index (χ2n) is 3.48. The number of hydrogen-bond donors (Lipinski definition) is 3. The Morgan fingerprint density at radius 1 is 1.30 bits per heavy atom. The lowest BCUT2D eigenvalue weighted by Crippen LogP contribution is -2.37. The van der Waals surface area contributed by atoms with Crippen LogP contribution in [-0.4, -0.2) is 48.3 Å². The molecule has 1 heterocycles. The molecule has 1 rings (SSSR count). The van der Waals surface area contributed by atoms with Gasteiger partial charge in [-0.15, -0.1) is 0 Å². The van der Waals surface area contributed by atoms with Gasteiger partial charge in [-0.1, -0.05) is 0 Å². The number of imide groups is 1. The molecule has 108 valence electrons. The van der Waals surface area contributed by atoms with Crippen molar-refractivity contribution >= 4 is 23.6 Å². The molecule has 0 aromatic carbocycles. The Labute approximate surface area is 113 Å². The summed E-state index contributed by atoms with van der Waals surface area (Å²) in [4.78, 5) is 36.6. The van der Waals surface area contributed by atoms with Crippen LogP contribution in [0.1, 0.15) is 0 Å². The Morgan fingerprint density at radius 3 is 2.60 bits per heavy atom. The van der Waals surface area contributed by atoms with E-state index in [1.54, 1.807) is 0 Å². The lowest BCUT2D eigenvalue weighted by Gasteiger charge is -2.06. The molecular weight excluding hydrogens is 270 g/mol. The monoisotopic (exact) mass is 283 g/mol. The van der Waals surface area contributed by atoms with Crippen molar-refractivity contribution in [1.29, 1.82) is 0 Å². The summed E-state index contributed by atoms with van der Waals surface area (Å²) in [6.45, 7) is -1.14. The van der Waals surface area contributed by atoms with E-state index >= 15 is 0 Å². The summed E-state index contributed by atoms with van der Waals surface area (Å²) < 4.78 is 9.36. The van der Waals surface area contributed by atoms with Crippen molar-refractivity contribution in [2.45, 2.75) is 0 Å². The number of aliphatic carboxylic acids is 1. The van der Waals surface area contributed by atoms with Crippen LogP contribution in [0.25, 0.3) is 0 Å². The molecule has 0 spiro atoms. The largest absolute Gasteiger partial charge is 0.481 e. The van der Waals surface area contributed by atoms with Gasteiger partial charge in [0.25, 0.3) is 5.91 Å². The van der Waals surface area contributed by atoms with Crippen molar-refractivity contribution in [2.75, 3.05) is 25.6 Å². The third-order valence-corrected chi connectivity index (χ3v) is 1.91. The number of carboxylic acids is 1. The lowest BCUT2D eigenvalue weighted by molar-refractivity contribution is -0.143. The number of urea groups is 1. The van der Waals surface area contributed by atoms with Crippen molar-refractivity contribution in [3.8, 4) is 5.88 Å². The Bertz CT molecular complexity index is 487. The van der Waals surface area contributed by atoms with Gasteiger partial charge in [0.05, 0.1) is 19.0 Å². The Hall–Kier alpha value is -2.68. The topological polar surface area (TPSA) is 127 Å². The van der Waals surface area contributed by atoms with E-state index < -0.39 is 31.1 Å². The molecule has 0 atom stereocenters. The molecule has 3 N–H and O–H groups in total. The maximum Gasteiger partial charge on any atom is 0.329 e. The second kappa shape index (κ2) is 7.69. The first-order valence-electron chi connectivity index (χ1n) is 5.41. The van der Waals surface area contributed by atoms with E-state index in [0.29, 0.717) is 11.6 Å². The van der Waals surface area contributed by atoms with E-state index in [9.17, 15) is 14.4 Å². The van der Waals surface area contributed by atoms with Crippen LogP contribution < -0.4 is 15.4 Å². The number of pyridine rings is 1. The quantitative estimate of drug-likeness (QED) is 0.662. The van der Waals surface area contributed by atoms with Gasteiger partial charge in [0.1, 0.15) is 13.2 Å². The summed E-state index contributed by atoms with van der Waals surface area (Å²) in [5.41, 5.74) is 0.363. The van der Waals surface area contributed by atoms with Gasteiger partial charge in [-0.25, -0.2) is 14.6 Å². The van der Waals surface area contributed by atoms with E-state index in [-0.39, 0.29) is 0 Å². The minimum atomic E-state index is -1.20. The van der Waals surface area contributed by atoms with Crippen molar-refractivity contribution in [2.24, 2.45) is 0 Å². The second-order valence-corrected chi connectivity index (χ2v) is 3.48. The number of methoxy groups -OCH3 is 1. The molecule has 0 saturated carbocycles. The first-order valence-corrected chi connectivity index (χ1v) is 5.41. The predicted octanol–water partition coefficient (Wildman–Crippen LogP) is -0.161. The molecule has 0 radical (unpaired) electrons. The van der Waals surface area contributed by atoms with Crippen LogP contribution in [0.2, 0.25) is 0 Å². The van der Waals surface area contributed by atoms with Gasteiger partial charge in [0.15, 0.2) is 0 Å². The fourth-order valence-corrected chi connectivity index (χ4v) is 1.13. The molecule has 0 aliphatic carbocycles. The van der Waals surface area contributed by atoms with E-state index in [1.165, 1.54) is 25.4 Å². The van der Waals surface area contributed by atoms with Crippen molar-refractivity contribution in [3.63, 3.8) is 0 Å². The average molecular weight is 283 g/mol.